The summed E-state index contributed by atoms with van der Waals surface area (Å²) in [6.45, 7) is 14.0. The quantitative estimate of drug-likeness (QED) is 0.874. The van der Waals surface area contributed by atoms with E-state index >= 15 is 0 Å². The Morgan fingerprint density at radius 2 is 1.67 bits per heavy atom. The zero-order valence-corrected chi connectivity index (χ0v) is 17.4. The predicted molar refractivity (Wildman–Crippen MR) is 108 cm³/mol. The van der Waals surface area contributed by atoms with Gasteiger partial charge in [-0.3, -0.25) is 4.90 Å². The first kappa shape index (κ1) is 20.0. The number of likely N-dealkylation sites (tertiary alicyclic amines) is 1. The molecule has 2 heterocycles. The van der Waals surface area contributed by atoms with Crippen LogP contribution in [0.5, 0.6) is 0 Å². The molecule has 1 aromatic heterocycles. The molecule has 0 atom stereocenters. The number of benzene rings is 1. The Balaban J connectivity index is 1.72. The highest BCUT2D eigenvalue weighted by molar-refractivity contribution is 5.15. The van der Waals surface area contributed by atoms with Crippen LogP contribution in [0.25, 0.3) is 0 Å². The Labute approximate surface area is 163 Å². The molecular formula is C21H34N6. The molecule has 1 aliphatic rings. The van der Waals surface area contributed by atoms with Crippen molar-refractivity contribution in [1.29, 1.82) is 0 Å². The maximum absolute atomic E-state index is 6.85. The molecule has 6 nitrogen and oxygen atoms in total. The minimum atomic E-state index is -0.466. The third-order valence-electron chi connectivity index (χ3n) is 5.45. The lowest BCUT2D eigenvalue weighted by molar-refractivity contribution is 0.130. The zero-order valence-electron chi connectivity index (χ0n) is 17.4. The molecule has 6 heteroatoms. The summed E-state index contributed by atoms with van der Waals surface area (Å²) < 4.78 is 1.98. The van der Waals surface area contributed by atoms with Gasteiger partial charge < -0.3 is 5.73 Å². The summed E-state index contributed by atoms with van der Waals surface area (Å²) in [6, 6.07) is 10.6. The van der Waals surface area contributed by atoms with E-state index in [4.69, 9.17) is 5.73 Å². The van der Waals surface area contributed by atoms with Gasteiger partial charge in [0.1, 0.15) is 0 Å². The lowest BCUT2D eigenvalue weighted by Crippen LogP contribution is -2.51. The van der Waals surface area contributed by atoms with Gasteiger partial charge in [-0.1, -0.05) is 51.1 Å². The minimum absolute atomic E-state index is 0.176. The van der Waals surface area contributed by atoms with Gasteiger partial charge in [0, 0.05) is 19.6 Å². The van der Waals surface area contributed by atoms with Gasteiger partial charge in [-0.2, -0.15) is 0 Å². The molecular weight excluding hydrogens is 336 g/mol. The van der Waals surface area contributed by atoms with Gasteiger partial charge >= 0.3 is 0 Å². The molecule has 0 unspecified atom stereocenters. The van der Waals surface area contributed by atoms with Crippen molar-refractivity contribution in [2.45, 2.75) is 71.5 Å². The summed E-state index contributed by atoms with van der Waals surface area (Å²) in [4.78, 5) is 2.47. The Morgan fingerprint density at radius 3 is 2.26 bits per heavy atom. The number of nitrogens with two attached hydrogens (primary N) is 1. The second kappa shape index (κ2) is 7.32. The summed E-state index contributed by atoms with van der Waals surface area (Å²) in [6.07, 6.45) is 2.71. The molecule has 0 aliphatic carbocycles. The van der Waals surface area contributed by atoms with Crippen molar-refractivity contribution >= 4 is 0 Å². The van der Waals surface area contributed by atoms with Crippen LogP contribution < -0.4 is 5.73 Å². The molecule has 1 fully saturated rings. The van der Waals surface area contributed by atoms with E-state index in [-0.39, 0.29) is 11.0 Å². The van der Waals surface area contributed by atoms with E-state index in [2.05, 4.69) is 85.4 Å². The molecule has 0 bridgehead atoms. The lowest BCUT2D eigenvalue weighted by atomic mass is 9.81. The van der Waals surface area contributed by atoms with Crippen LogP contribution in [0.15, 0.2) is 30.3 Å². The van der Waals surface area contributed by atoms with Crippen LogP contribution in [0.2, 0.25) is 0 Å². The average Bonchev–Trinajstić information content (AvgIpc) is 3.08. The molecule has 148 valence electrons. The molecule has 0 radical (unpaired) electrons. The largest absolute Gasteiger partial charge is 0.319 e. The topological polar surface area (TPSA) is 72.9 Å². The van der Waals surface area contributed by atoms with Crippen LogP contribution in [0.1, 0.15) is 65.3 Å². The smallest absolute Gasteiger partial charge is 0.171 e. The van der Waals surface area contributed by atoms with E-state index in [1.165, 1.54) is 5.56 Å². The summed E-state index contributed by atoms with van der Waals surface area (Å²) in [5.41, 5.74) is 7.74. The molecule has 2 aromatic rings. The van der Waals surface area contributed by atoms with Gasteiger partial charge in [-0.15, -0.1) is 5.10 Å². The van der Waals surface area contributed by atoms with Crippen LogP contribution in [0.3, 0.4) is 0 Å². The summed E-state index contributed by atoms with van der Waals surface area (Å²) in [5.74, 6) is 0.830. The van der Waals surface area contributed by atoms with E-state index in [1.807, 2.05) is 4.68 Å². The number of rotatable bonds is 5. The van der Waals surface area contributed by atoms with E-state index < -0.39 is 5.54 Å². The van der Waals surface area contributed by atoms with Crippen molar-refractivity contribution in [1.82, 2.24) is 25.1 Å². The molecule has 1 aromatic carbocycles. The van der Waals surface area contributed by atoms with Gasteiger partial charge in [0.05, 0.1) is 11.1 Å². The Hall–Kier alpha value is -1.79. The standard InChI is InChI=1S/C21H34N6/c1-19(2,3)16-20(4,5)27-18(23-24-25-27)21(22)11-13-26(14-12-21)15-17-9-7-6-8-10-17/h6-10H,11-16,22H2,1-5H3. The maximum atomic E-state index is 6.85. The summed E-state index contributed by atoms with van der Waals surface area (Å²) >= 11 is 0. The molecule has 3 rings (SSSR count). The van der Waals surface area contributed by atoms with Gasteiger partial charge in [-0.25, -0.2) is 4.68 Å². The molecule has 0 saturated carbocycles. The Kier molecular flexibility index (Phi) is 5.41. The highest BCUT2D eigenvalue weighted by Crippen LogP contribution is 2.36. The van der Waals surface area contributed by atoms with Crippen molar-refractivity contribution in [2.75, 3.05) is 13.1 Å². The number of nitrogens with zero attached hydrogens (tertiary/aromatic N) is 5. The van der Waals surface area contributed by atoms with Gasteiger partial charge in [0.2, 0.25) is 0 Å². The van der Waals surface area contributed by atoms with Crippen molar-refractivity contribution in [2.24, 2.45) is 11.1 Å². The van der Waals surface area contributed by atoms with Crippen LogP contribution in [0, 0.1) is 5.41 Å². The lowest BCUT2D eigenvalue weighted by Gasteiger charge is -2.40. The second-order valence-electron chi connectivity index (χ2n) is 9.88. The minimum Gasteiger partial charge on any atom is -0.319 e. The SMILES string of the molecule is CC(C)(C)CC(C)(C)n1nnnc1C1(N)CCN(Cc2ccccc2)CC1. The van der Waals surface area contributed by atoms with Gasteiger partial charge in [0.25, 0.3) is 0 Å². The first-order chi connectivity index (χ1) is 12.6. The molecule has 0 amide bonds. The van der Waals surface area contributed by atoms with Gasteiger partial charge in [-0.05, 0) is 54.5 Å². The molecule has 1 aliphatic heterocycles. The molecule has 27 heavy (non-hydrogen) atoms. The van der Waals surface area contributed by atoms with Gasteiger partial charge in [0.15, 0.2) is 5.82 Å². The predicted octanol–water partition coefficient (Wildman–Crippen LogP) is 3.29. The van der Waals surface area contributed by atoms with Crippen molar-refractivity contribution < 1.29 is 0 Å². The number of piperidine rings is 1. The summed E-state index contributed by atoms with van der Waals surface area (Å²) in [7, 11) is 0. The second-order valence-corrected chi connectivity index (χ2v) is 9.88. The van der Waals surface area contributed by atoms with E-state index in [1.54, 1.807) is 0 Å². The normalized spacial score (nSPS) is 18.6. The first-order valence-corrected chi connectivity index (χ1v) is 9.94. The first-order valence-electron chi connectivity index (χ1n) is 9.94. The third kappa shape index (κ3) is 4.74. The van der Waals surface area contributed by atoms with E-state index in [0.717, 1.165) is 44.7 Å². The summed E-state index contributed by atoms with van der Waals surface area (Å²) in [5, 5.41) is 12.7. The van der Waals surface area contributed by atoms with Crippen LogP contribution >= 0.6 is 0 Å². The van der Waals surface area contributed by atoms with E-state index in [9.17, 15) is 0 Å². The fraction of sp³-hybridized carbons (Fsp3) is 0.667. The van der Waals surface area contributed by atoms with Crippen molar-refractivity contribution in [3.63, 3.8) is 0 Å². The Morgan fingerprint density at radius 1 is 1.04 bits per heavy atom. The maximum Gasteiger partial charge on any atom is 0.171 e. The number of hydrogen-bond donors (Lipinski definition) is 1. The monoisotopic (exact) mass is 370 g/mol. The third-order valence-corrected chi connectivity index (χ3v) is 5.45. The molecule has 1 saturated heterocycles. The molecule has 2 N–H and O–H groups in total. The number of hydrogen-bond acceptors (Lipinski definition) is 5. The average molecular weight is 371 g/mol. The van der Waals surface area contributed by atoms with Crippen LogP contribution in [0.4, 0.5) is 0 Å². The van der Waals surface area contributed by atoms with Crippen molar-refractivity contribution in [3.8, 4) is 0 Å². The molecule has 0 spiro atoms. The van der Waals surface area contributed by atoms with E-state index in [0.29, 0.717) is 0 Å². The number of aromatic nitrogens is 4. The fourth-order valence-electron chi connectivity index (χ4n) is 4.45. The highest BCUT2D eigenvalue weighted by atomic mass is 15.6. The van der Waals surface area contributed by atoms with Crippen molar-refractivity contribution in [3.05, 3.63) is 41.7 Å². The number of tetrazole rings is 1. The zero-order chi connectivity index (χ0) is 19.7. The van der Waals surface area contributed by atoms with Crippen LogP contribution in [-0.2, 0) is 17.6 Å². The highest BCUT2D eigenvalue weighted by Gasteiger charge is 2.41. The van der Waals surface area contributed by atoms with Crippen LogP contribution in [-0.4, -0.2) is 38.2 Å². The fourth-order valence-corrected chi connectivity index (χ4v) is 4.45. The Bertz CT molecular complexity index is 736.